The van der Waals surface area contributed by atoms with E-state index in [-0.39, 0.29) is 5.91 Å². The maximum atomic E-state index is 12.8. The molecule has 1 saturated heterocycles. The summed E-state index contributed by atoms with van der Waals surface area (Å²) in [6, 6.07) is 15.8. The van der Waals surface area contributed by atoms with Gasteiger partial charge >= 0.3 is 0 Å². The van der Waals surface area contributed by atoms with E-state index in [9.17, 15) is 4.79 Å². The first-order valence-electron chi connectivity index (χ1n) is 9.32. The number of anilines is 1. The number of carbonyl (C=O) groups is 1. The first-order valence-corrected chi connectivity index (χ1v) is 9.32. The van der Waals surface area contributed by atoms with Crippen molar-refractivity contribution in [2.45, 2.75) is 6.54 Å². The fourth-order valence-corrected chi connectivity index (χ4v) is 3.41. The molecule has 7 heteroatoms. The van der Waals surface area contributed by atoms with Gasteiger partial charge in [-0.25, -0.2) is 9.67 Å². The molecule has 144 valence electrons. The molecule has 2 heterocycles. The number of carbonyl (C=O) groups excluding carboxylic acids is 1. The summed E-state index contributed by atoms with van der Waals surface area (Å²) in [5, 5.41) is 4.10. The lowest BCUT2D eigenvalue weighted by atomic mass is 10.1. The SMILES string of the molecule is COc1cccc(N2CCN(C(=O)c3ccc(Cn4cncn4)cc3)CC2)c1. The summed E-state index contributed by atoms with van der Waals surface area (Å²) in [4.78, 5) is 21.0. The Morgan fingerprint density at radius 1 is 1.07 bits per heavy atom. The first-order chi connectivity index (χ1) is 13.7. The molecule has 3 aromatic rings. The molecule has 0 spiro atoms. The number of benzene rings is 2. The quantitative estimate of drug-likeness (QED) is 0.683. The van der Waals surface area contributed by atoms with Gasteiger partial charge in [0.2, 0.25) is 0 Å². The molecule has 7 nitrogen and oxygen atoms in total. The van der Waals surface area contributed by atoms with Crippen LogP contribution in [0.3, 0.4) is 0 Å². The van der Waals surface area contributed by atoms with Crippen molar-refractivity contribution in [3.8, 4) is 5.75 Å². The van der Waals surface area contributed by atoms with Crippen LogP contribution in [-0.2, 0) is 6.54 Å². The van der Waals surface area contributed by atoms with Crippen LogP contribution >= 0.6 is 0 Å². The highest BCUT2D eigenvalue weighted by Crippen LogP contribution is 2.22. The average Bonchev–Trinajstić information content (AvgIpc) is 3.27. The Hall–Kier alpha value is -3.35. The van der Waals surface area contributed by atoms with Crippen LogP contribution in [0.1, 0.15) is 15.9 Å². The van der Waals surface area contributed by atoms with Crippen molar-refractivity contribution in [2.75, 3.05) is 38.2 Å². The molecule has 4 rings (SSSR count). The molecule has 0 radical (unpaired) electrons. The van der Waals surface area contributed by atoms with Crippen LogP contribution < -0.4 is 9.64 Å². The number of nitrogens with zero attached hydrogens (tertiary/aromatic N) is 5. The fraction of sp³-hybridized carbons (Fsp3) is 0.286. The van der Waals surface area contributed by atoms with Gasteiger partial charge in [-0.2, -0.15) is 5.10 Å². The minimum Gasteiger partial charge on any atom is -0.497 e. The van der Waals surface area contributed by atoms with Crippen molar-refractivity contribution in [3.63, 3.8) is 0 Å². The van der Waals surface area contributed by atoms with Crippen LogP contribution in [0.5, 0.6) is 5.75 Å². The highest BCUT2D eigenvalue weighted by atomic mass is 16.5. The van der Waals surface area contributed by atoms with Gasteiger partial charge in [-0.15, -0.1) is 0 Å². The van der Waals surface area contributed by atoms with E-state index < -0.39 is 0 Å². The van der Waals surface area contributed by atoms with Crippen LogP contribution in [0.25, 0.3) is 0 Å². The third-order valence-corrected chi connectivity index (χ3v) is 5.00. The first kappa shape index (κ1) is 18.0. The Morgan fingerprint density at radius 2 is 1.86 bits per heavy atom. The van der Waals surface area contributed by atoms with Gasteiger partial charge in [-0.3, -0.25) is 4.79 Å². The van der Waals surface area contributed by atoms with Gasteiger partial charge in [0.15, 0.2) is 0 Å². The van der Waals surface area contributed by atoms with Crippen molar-refractivity contribution >= 4 is 11.6 Å². The molecular weight excluding hydrogens is 354 g/mol. The highest BCUT2D eigenvalue weighted by molar-refractivity contribution is 5.94. The molecule has 1 amide bonds. The normalized spacial score (nSPS) is 14.2. The second-order valence-corrected chi connectivity index (χ2v) is 6.77. The second kappa shape index (κ2) is 8.12. The zero-order chi connectivity index (χ0) is 19.3. The van der Waals surface area contributed by atoms with Crippen molar-refractivity contribution in [1.82, 2.24) is 19.7 Å². The molecule has 0 aliphatic carbocycles. The van der Waals surface area contributed by atoms with Crippen LogP contribution in [-0.4, -0.2) is 58.9 Å². The van der Waals surface area contributed by atoms with Gasteiger partial charge in [-0.05, 0) is 29.8 Å². The largest absolute Gasteiger partial charge is 0.497 e. The summed E-state index contributed by atoms with van der Waals surface area (Å²) < 4.78 is 7.06. The van der Waals surface area contributed by atoms with E-state index in [4.69, 9.17) is 4.74 Å². The van der Waals surface area contributed by atoms with E-state index in [0.717, 1.165) is 35.7 Å². The van der Waals surface area contributed by atoms with Gasteiger partial charge in [0.1, 0.15) is 18.4 Å². The molecule has 0 bridgehead atoms. The lowest BCUT2D eigenvalue weighted by Gasteiger charge is -2.36. The predicted octanol–water partition coefficient (Wildman–Crippen LogP) is 2.30. The smallest absolute Gasteiger partial charge is 0.253 e. The van der Waals surface area contributed by atoms with E-state index in [1.54, 1.807) is 18.1 Å². The van der Waals surface area contributed by atoms with E-state index in [2.05, 4.69) is 21.0 Å². The number of aromatic nitrogens is 3. The van der Waals surface area contributed by atoms with Crippen LogP contribution in [0.2, 0.25) is 0 Å². The number of amides is 1. The zero-order valence-corrected chi connectivity index (χ0v) is 15.9. The van der Waals surface area contributed by atoms with Crippen molar-refractivity contribution < 1.29 is 9.53 Å². The zero-order valence-electron chi connectivity index (χ0n) is 15.9. The van der Waals surface area contributed by atoms with Gasteiger partial charge in [-0.1, -0.05) is 18.2 Å². The van der Waals surface area contributed by atoms with E-state index in [1.165, 1.54) is 6.33 Å². The number of methoxy groups -OCH3 is 1. The second-order valence-electron chi connectivity index (χ2n) is 6.77. The van der Waals surface area contributed by atoms with Crippen LogP contribution in [0, 0.1) is 0 Å². The van der Waals surface area contributed by atoms with Crippen LogP contribution in [0.15, 0.2) is 61.2 Å². The van der Waals surface area contributed by atoms with Crippen molar-refractivity contribution in [3.05, 3.63) is 72.3 Å². The number of rotatable bonds is 5. The van der Waals surface area contributed by atoms with E-state index in [1.807, 2.05) is 47.4 Å². The lowest BCUT2D eigenvalue weighted by Crippen LogP contribution is -2.48. The van der Waals surface area contributed by atoms with E-state index >= 15 is 0 Å². The Bertz CT molecular complexity index is 916. The van der Waals surface area contributed by atoms with Gasteiger partial charge in [0, 0.05) is 43.5 Å². The fourth-order valence-electron chi connectivity index (χ4n) is 3.41. The standard InChI is InChI=1S/C21H23N5O2/c1-28-20-4-2-3-19(13-20)24-9-11-25(12-10-24)21(27)18-7-5-17(6-8-18)14-26-16-22-15-23-26/h2-8,13,15-16H,9-12,14H2,1H3. The number of piperazine rings is 1. The molecular formula is C21H23N5O2. The van der Waals surface area contributed by atoms with Crippen molar-refractivity contribution in [1.29, 1.82) is 0 Å². The molecule has 0 atom stereocenters. The average molecular weight is 377 g/mol. The Balaban J connectivity index is 1.35. The molecule has 1 aliphatic heterocycles. The van der Waals surface area contributed by atoms with Gasteiger partial charge in [0.25, 0.3) is 5.91 Å². The summed E-state index contributed by atoms with van der Waals surface area (Å²) in [6.45, 7) is 3.67. The molecule has 1 aromatic heterocycles. The maximum absolute atomic E-state index is 12.8. The number of ether oxygens (including phenoxy) is 1. The van der Waals surface area contributed by atoms with Crippen LogP contribution in [0.4, 0.5) is 5.69 Å². The monoisotopic (exact) mass is 377 g/mol. The minimum absolute atomic E-state index is 0.0811. The number of hydrogen-bond acceptors (Lipinski definition) is 5. The summed E-state index contributed by atoms with van der Waals surface area (Å²) in [5.74, 6) is 0.930. The van der Waals surface area contributed by atoms with Gasteiger partial charge in [0.05, 0.1) is 13.7 Å². The molecule has 1 aliphatic rings. The minimum atomic E-state index is 0.0811. The summed E-state index contributed by atoms with van der Waals surface area (Å²) in [6.07, 6.45) is 3.20. The van der Waals surface area contributed by atoms with E-state index in [0.29, 0.717) is 19.6 Å². The highest BCUT2D eigenvalue weighted by Gasteiger charge is 2.22. The summed E-state index contributed by atoms with van der Waals surface area (Å²) in [7, 11) is 1.67. The maximum Gasteiger partial charge on any atom is 0.253 e. The molecule has 1 fully saturated rings. The third kappa shape index (κ3) is 3.98. The molecule has 0 saturated carbocycles. The third-order valence-electron chi connectivity index (χ3n) is 5.00. The summed E-state index contributed by atoms with van der Waals surface area (Å²) in [5.41, 5.74) is 2.94. The Labute approximate surface area is 164 Å². The number of hydrogen-bond donors (Lipinski definition) is 0. The lowest BCUT2D eigenvalue weighted by molar-refractivity contribution is 0.0746. The molecule has 2 aromatic carbocycles. The topological polar surface area (TPSA) is 63.5 Å². The molecule has 28 heavy (non-hydrogen) atoms. The molecule has 0 N–H and O–H groups in total. The Morgan fingerprint density at radius 3 is 2.54 bits per heavy atom. The summed E-state index contributed by atoms with van der Waals surface area (Å²) >= 11 is 0. The predicted molar refractivity (Wildman–Crippen MR) is 107 cm³/mol. The van der Waals surface area contributed by atoms with Crippen molar-refractivity contribution in [2.24, 2.45) is 0 Å². The Kier molecular flexibility index (Phi) is 5.23. The van der Waals surface area contributed by atoms with Gasteiger partial charge < -0.3 is 14.5 Å². The molecule has 0 unspecified atom stereocenters.